The van der Waals surface area contributed by atoms with Crippen LogP contribution in [0, 0.1) is 17.4 Å². The Labute approximate surface area is 104 Å². The van der Waals surface area contributed by atoms with Crippen molar-refractivity contribution in [2.45, 2.75) is 13.8 Å². The summed E-state index contributed by atoms with van der Waals surface area (Å²) in [5.74, 6) is 0. The van der Waals surface area contributed by atoms with E-state index in [1.807, 2.05) is 12.3 Å². The lowest BCUT2D eigenvalue weighted by molar-refractivity contribution is 1.26. The Kier molecular flexibility index (Phi) is 3.05. The lowest BCUT2D eigenvalue weighted by atomic mass is 10.1. The van der Waals surface area contributed by atoms with Crippen molar-refractivity contribution in [1.82, 2.24) is 4.98 Å². The summed E-state index contributed by atoms with van der Waals surface area (Å²) in [6.07, 6.45) is 1.85. The smallest absolute Gasteiger partial charge is 0.0741 e. The highest BCUT2D eigenvalue weighted by Gasteiger charge is 2.06. The first kappa shape index (κ1) is 10.6. The molecule has 0 aliphatic heterocycles. The van der Waals surface area contributed by atoms with Gasteiger partial charge in [0, 0.05) is 15.3 Å². The molecule has 1 nitrogen and oxygen atoms in total. The minimum absolute atomic E-state index is 1.09. The molecule has 0 amide bonds. The quantitative estimate of drug-likeness (QED) is 0.726. The van der Waals surface area contributed by atoms with Gasteiger partial charge in [0.25, 0.3) is 0 Å². The lowest BCUT2D eigenvalue weighted by Gasteiger charge is -2.07. The SMILES string of the molecule is Cc1ccc(-c2ncccc2C)c(I)c1. The molecule has 0 aliphatic carbocycles. The van der Waals surface area contributed by atoms with Gasteiger partial charge in [-0.1, -0.05) is 23.8 Å². The Morgan fingerprint density at radius 3 is 2.60 bits per heavy atom. The lowest BCUT2D eigenvalue weighted by Crippen LogP contribution is -1.90. The Bertz CT molecular complexity index is 492. The minimum atomic E-state index is 1.09. The van der Waals surface area contributed by atoms with Crippen LogP contribution in [0.25, 0.3) is 11.3 Å². The summed E-state index contributed by atoms with van der Waals surface area (Å²) in [6.45, 7) is 4.20. The maximum Gasteiger partial charge on any atom is 0.0741 e. The molecular formula is C13H12IN. The van der Waals surface area contributed by atoms with E-state index < -0.39 is 0 Å². The molecule has 15 heavy (non-hydrogen) atoms. The van der Waals surface area contributed by atoms with Gasteiger partial charge in [0.1, 0.15) is 0 Å². The predicted molar refractivity (Wildman–Crippen MR) is 71.9 cm³/mol. The van der Waals surface area contributed by atoms with Crippen LogP contribution >= 0.6 is 22.6 Å². The molecule has 0 atom stereocenters. The average molecular weight is 309 g/mol. The molecule has 0 spiro atoms. The largest absolute Gasteiger partial charge is 0.256 e. The maximum absolute atomic E-state index is 4.43. The van der Waals surface area contributed by atoms with E-state index in [1.165, 1.54) is 20.3 Å². The van der Waals surface area contributed by atoms with Crippen LogP contribution in [-0.4, -0.2) is 4.98 Å². The van der Waals surface area contributed by atoms with Crippen molar-refractivity contribution in [2.75, 3.05) is 0 Å². The summed E-state index contributed by atoms with van der Waals surface area (Å²) < 4.78 is 1.26. The Hall–Kier alpha value is -0.900. The van der Waals surface area contributed by atoms with Crippen LogP contribution in [0.2, 0.25) is 0 Å². The fraction of sp³-hybridized carbons (Fsp3) is 0.154. The van der Waals surface area contributed by atoms with Gasteiger partial charge in [-0.05, 0) is 54.1 Å². The zero-order chi connectivity index (χ0) is 10.8. The number of aryl methyl sites for hydroxylation is 2. The molecule has 2 aromatic rings. The van der Waals surface area contributed by atoms with Gasteiger partial charge in [-0.15, -0.1) is 0 Å². The third-order valence-corrected chi connectivity index (χ3v) is 3.28. The second-order valence-corrected chi connectivity index (χ2v) is 4.81. The molecule has 0 N–H and O–H groups in total. The average Bonchev–Trinajstić information content (AvgIpc) is 2.20. The molecule has 0 aliphatic rings. The second-order valence-electron chi connectivity index (χ2n) is 3.65. The summed E-state index contributed by atoms with van der Waals surface area (Å²) in [5.41, 5.74) is 4.82. The standard InChI is InChI=1S/C13H12IN/c1-9-5-6-11(12(14)8-9)13-10(2)4-3-7-15-13/h3-8H,1-2H3. The highest BCUT2D eigenvalue weighted by atomic mass is 127. The summed E-state index contributed by atoms with van der Waals surface area (Å²) in [4.78, 5) is 4.43. The van der Waals surface area contributed by atoms with Gasteiger partial charge in [0.2, 0.25) is 0 Å². The third-order valence-electron chi connectivity index (χ3n) is 2.39. The van der Waals surface area contributed by atoms with Crippen LogP contribution in [0.5, 0.6) is 0 Å². The van der Waals surface area contributed by atoms with E-state index in [2.05, 4.69) is 65.7 Å². The van der Waals surface area contributed by atoms with Crippen LogP contribution in [0.15, 0.2) is 36.5 Å². The van der Waals surface area contributed by atoms with Crippen molar-refractivity contribution < 1.29 is 0 Å². The first-order valence-corrected chi connectivity index (χ1v) is 5.94. The summed E-state index contributed by atoms with van der Waals surface area (Å²) in [5, 5.41) is 0. The van der Waals surface area contributed by atoms with E-state index in [4.69, 9.17) is 0 Å². The van der Waals surface area contributed by atoms with Crippen molar-refractivity contribution in [1.29, 1.82) is 0 Å². The van der Waals surface area contributed by atoms with Gasteiger partial charge in [-0.25, -0.2) is 0 Å². The molecule has 1 heterocycles. The van der Waals surface area contributed by atoms with Crippen molar-refractivity contribution in [3.05, 3.63) is 51.2 Å². The van der Waals surface area contributed by atoms with Gasteiger partial charge in [0.15, 0.2) is 0 Å². The van der Waals surface area contributed by atoms with Crippen molar-refractivity contribution in [2.24, 2.45) is 0 Å². The zero-order valence-corrected chi connectivity index (χ0v) is 10.9. The minimum Gasteiger partial charge on any atom is -0.256 e. The number of hydrogen-bond acceptors (Lipinski definition) is 1. The van der Waals surface area contributed by atoms with Crippen LogP contribution in [0.3, 0.4) is 0 Å². The monoisotopic (exact) mass is 309 g/mol. The predicted octanol–water partition coefficient (Wildman–Crippen LogP) is 3.97. The van der Waals surface area contributed by atoms with Crippen molar-refractivity contribution >= 4 is 22.6 Å². The Morgan fingerprint density at radius 1 is 1.13 bits per heavy atom. The van der Waals surface area contributed by atoms with E-state index in [9.17, 15) is 0 Å². The number of nitrogens with zero attached hydrogens (tertiary/aromatic N) is 1. The molecule has 1 aromatic carbocycles. The summed E-state index contributed by atoms with van der Waals surface area (Å²) >= 11 is 2.37. The molecular weight excluding hydrogens is 297 g/mol. The number of rotatable bonds is 1. The molecule has 0 radical (unpaired) electrons. The van der Waals surface area contributed by atoms with E-state index in [-0.39, 0.29) is 0 Å². The number of benzene rings is 1. The van der Waals surface area contributed by atoms with Crippen LogP contribution in [0.1, 0.15) is 11.1 Å². The van der Waals surface area contributed by atoms with Crippen molar-refractivity contribution in [3.63, 3.8) is 0 Å². The van der Waals surface area contributed by atoms with Gasteiger partial charge in [-0.2, -0.15) is 0 Å². The van der Waals surface area contributed by atoms with Crippen LogP contribution in [-0.2, 0) is 0 Å². The normalized spacial score (nSPS) is 10.3. The molecule has 2 heteroatoms. The fourth-order valence-electron chi connectivity index (χ4n) is 1.58. The topological polar surface area (TPSA) is 12.9 Å². The van der Waals surface area contributed by atoms with E-state index in [1.54, 1.807) is 0 Å². The maximum atomic E-state index is 4.43. The third kappa shape index (κ3) is 2.20. The second kappa shape index (κ2) is 4.31. The first-order valence-electron chi connectivity index (χ1n) is 4.86. The molecule has 1 aromatic heterocycles. The van der Waals surface area contributed by atoms with Crippen LogP contribution < -0.4 is 0 Å². The van der Waals surface area contributed by atoms with E-state index >= 15 is 0 Å². The van der Waals surface area contributed by atoms with E-state index in [0.717, 1.165) is 5.69 Å². The highest BCUT2D eigenvalue weighted by Crippen LogP contribution is 2.26. The summed E-state index contributed by atoms with van der Waals surface area (Å²) in [7, 11) is 0. The molecule has 0 saturated carbocycles. The van der Waals surface area contributed by atoms with E-state index in [0.29, 0.717) is 0 Å². The van der Waals surface area contributed by atoms with Gasteiger partial charge >= 0.3 is 0 Å². The molecule has 0 bridgehead atoms. The van der Waals surface area contributed by atoms with Crippen LogP contribution in [0.4, 0.5) is 0 Å². The van der Waals surface area contributed by atoms with Gasteiger partial charge in [-0.3, -0.25) is 4.98 Å². The van der Waals surface area contributed by atoms with Gasteiger partial charge < -0.3 is 0 Å². The number of halogens is 1. The number of hydrogen-bond donors (Lipinski definition) is 0. The zero-order valence-electron chi connectivity index (χ0n) is 8.79. The summed E-state index contributed by atoms with van der Waals surface area (Å²) in [6, 6.07) is 10.5. The van der Waals surface area contributed by atoms with Gasteiger partial charge in [0.05, 0.1) is 5.69 Å². The highest BCUT2D eigenvalue weighted by molar-refractivity contribution is 14.1. The molecule has 0 unspecified atom stereocenters. The molecule has 0 saturated heterocycles. The Balaban J connectivity index is 2.60. The van der Waals surface area contributed by atoms with Crippen molar-refractivity contribution in [3.8, 4) is 11.3 Å². The Morgan fingerprint density at radius 2 is 1.93 bits per heavy atom. The fourth-order valence-corrected chi connectivity index (χ4v) is 2.51. The number of pyridine rings is 1. The molecule has 2 rings (SSSR count). The number of aromatic nitrogens is 1. The molecule has 0 fully saturated rings. The first-order chi connectivity index (χ1) is 7.18. The molecule has 76 valence electrons.